The van der Waals surface area contributed by atoms with Gasteiger partial charge in [0.2, 0.25) is 0 Å². The number of aliphatic imine (C=N–C) groups is 1. The Morgan fingerprint density at radius 1 is 1.03 bits per heavy atom. The molecule has 0 saturated carbocycles. The van der Waals surface area contributed by atoms with E-state index in [0.717, 1.165) is 17.9 Å². The molecule has 0 saturated heterocycles. The first-order valence-corrected chi connectivity index (χ1v) is 11.4. The van der Waals surface area contributed by atoms with Gasteiger partial charge >= 0.3 is 0 Å². The molecule has 0 N–H and O–H groups in total. The highest BCUT2D eigenvalue weighted by molar-refractivity contribution is 6.42. The van der Waals surface area contributed by atoms with E-state index < -0.39 is 0 Å². The second-order valence-electron chi connectivity index (χ2n) is 7.05. The lowest BCUT2D eigenvalue weighted by Crippen LogP contribution is -2.20. The zero-order valence-electron chi connectivity index (χ0n) is 16.8. The Morgan fingerprint density at radius 2 is 1.62 bits per heavy atom. The van der Waals surface area contributed by atoms with Gasteiger partial charge in [0.05, 0.1) is 23.1 Å². The van der Waals surface area contributed by atoms with E-state index in [1.54, 1.807) is 0 Å². The third kappa shape index (κ3) is 8.15. The number of carbonyl (C=O) groups is 1. The molecular weight excluding hydrogens is 433 g/mol. The van der Waals surface area contributed by atoms with Gasteiger partial charge in [-0.3, -0.25) is 4.79 Å². The summed E-state index contributed by atoms with van der Waals surface area (Å²) in [6.45, 7) is 2.85. The van der Waals surface area contributed by atoms with Crippen molar-refractivity contribution in [1.82, 2.24) is 0 Å². The number of rotatable bonds is 12. The average molecular weight is 461 g/mol. The highest BCUT2D eigenvalue weighted by Crippen LogP contribution is 2.38. The van der Waals surface area contributed by atoms with Crippen molar-refractivity contribution in [2.45, 2.75) is 71.1 Å². The van der Waals surface area contributed by atoms with Crippen LogP contribution in [-0.4, -0.2) is 24.8 Å². The van der Waals surface area contributed by atoms with Crippen LogP contribution in [0.3, 0.4) is 0 Å². The zero-order chi connectivity index (χ0) is 21.1. The van der Waals surface area contributed by atoms with E-state index in [0.29, 0.717) is 23.2 Å². The summed E-state index contributed by atoms with van der Waals surface area (Å²) in [6, 6.07) is 3.03. The summed E-state index contributed by atoms with van der Waals surface area (Å²) in [5, 5.41) is 6.25. The Bertz CT molecular complexity index is 715. The van der Waals surface area contributed by atoms with Crippen LogP contribution in [-0.2, 0) is 9.53 Å². The van der Waals surface area contributed by atoms with Crippen LogP contribution in [0.25, 0.3) is 0 Å². The average Bonchev–Trinajstić information content (AvgIpc) is 3.02. The predicted octanol–water partition coefficient (Wildman–Crippen LogP) is 7.27. The van der Waals surface area contributed by atoms with Crippen LogP contribution in [0.2, 0.25) is 15.1 Å². The number of hydrogen-bond donors (Lipinski definition) is 0. The highest BCUT2D eigenvalue weighted by Gasteiger charge is 2.28. The van der Waals surface area contributed by atoms with Gasteiger partial charge in [0.15, 0.2) is 12.2 Å². The molecule has 160 valence electrons. The Morgan fingerprint density at radius 3 is 2.24 bits per heavy atom. The molecule has 0 aromatic heterocycles. The van der Waals surface area contributed by atoms with Gasteiger partial charge in [-0.05, 0) is 18.6 Å². The van der Waals surface area contributed by atoms with E-state index in [1.165, 1.54) is 63.5 Å². The van der Waals surface area contributed by atoms with Gasteiger partial charge in [-0.15, -0.1) is 5.10 Å². The molecule has 8 heteroatoms. The van der Waals surface area contributed by atoms with Crippen LogP contribution in [0, 0.1) is 0 Å². The molecule has 0 aliphatic carbocycles. The standard InChI is InChI=1S/C21H28Cl3N3O2/c1-2-3-4-5-6-7-8-9-10-11-29-15-25-19-14-20(28)27(26-19)21-17(23)12-16(22)13-18(21)24/h12-13,15H,2-11,14H2,1H3. The fourth-order valence-electron chi connectivity index (χ4n) is 3.05. The summed E-state index contributed by atoms with van der Waals surface area (Å²) in [5.74, 6) is 0.0892. The summed E-state index contributed by atoms with van der Waals surface area (Å²) in [5.41, 5.74) is 0.309. The van der Waals surface area contributed by atoms with Crippen molar-refractivity contribution < 1.29 is 9.53 Å². The summed E-state index contributed by atoms with van der Waals surface area (Å²) >= 11 is 18.2. The van der Waals surface area contributed by atoms with Gasteiger partial charge < -0.3 is 4.74 Å². The first kappa shape index (κ1) is 24.0. The lowest BCUT2D eigenvalue weighted by Gasteiger charge is -2.15. The first-order valence-electron chi connectivity index (χ1n) is 10.2. The van der Waals surface area contributed by atoms with Crippen LogP contribution < -0.4 is 5.01 Å². The summed E-state index contributed by atoms with van der Waals surface area (Å²) in [7, 11) is 0. The molecule has 0 spiro atoms. The van der Waals surface area contributed by atoms with Gasteiger partial charge in [-0.1, -0.05) is 93.1 Å². The van der Waals surface area contributed by atoms with Crippen molar-refractivity contribution in [2.24, 2.45) is 10.1 Å². The molecule has 29 heavy (non-hydrogen) atoms. The lowest BCUT2D eigenvalue weighted by atomic mass is 10.1. The number of hydrazone groups is 1. The van der Waals surface area contributed by atoms with E-state index in [9.17, 15) is 4.79 Å². The van der Waals surface area contributed by atoms with E-state index in [-0.39, 0.29) is 22.4 Å². The van der Waals surface area contributed by atoms with Crippen molar-refractivity contribution in [3.05, 3.63) is 27.2 Å². The summed E-state index contributed by atoms with van der Waals surface area (Å²) in [4.78, 5) is 16.4. The number of amides is 1. The Labute approximate surface area is 188 Å². The number of carbonyl (C=O) groups excluding carboxylic acids is 1. The maximum Gasteiger partial charge on any atom is 0.255 e. The molecule has 0 bridgehead atoms. The maximum atomic E-state index is 12.2. The minimum Gasteiger partial charge on any atom is -0.483 e. The van der Waals surface area contributed by atoms with Crippen LogP contribution in [0.4, 0.5) is 5.69 Å². The minimum absolute atomic E-state index is 0.0627. The number of anilines is 1. The third-order valence-corrected chi connectivity index (χ3v) is 5.39. The van der Waals surface area contributed by atoms with Crippen LogP contribution in [0.1, 0.15) is 71.1 Å². The van der Waals surface area contributed by atoms with Crippen molar-refractivity contribution in [3.8, 4) is 0 Å². The molecule has 1 amide bonds. The maximum absolute atomic E-state index is 12.2. The molecule has 2 rings (SSSR count). The molecule has 5 nitrogen and oxygen atoms in total. The first-order chi connectivity index (χ1) is 14.0. The van der Waals surface area contributed by atoms with E-state index in [4.69, 9.17) is 39.5 Å². The molecule has 1 aromatic rings. The third-order valence-electron chi connectivity index (χ3n) is 4.60. The number of ether oxygens (including phenoxy) is 1. The van der Waals surface area contributed by atoms with Gasteiger partial charge in [0, 0.05) is 5.02 Å². The Hall–Kier alpha value is -1.30. The van der Waals surface area contributed by atoms with Gasteiger partial charge in [0.1, 0.15) is 5.69 Å². The van der Waals surface area contributed by atoms with E-state index in [2.05, 4.69) is 17.0 Å². The fourth-order valence-corrected chi connectivity index (χ4v) is 4.02. The molecule has 0 fully saturated rings. The van der Waals surface area contributed by atoms with Crippen LogP contribution in [0.15, 0.2) is 22.2 Å². The van der Waals surface area contributed by atoms with E-state index in [1.807, 2.05) is 0 Å². The normalized spacial score (nSPS) is 14.1. The molecule has 0 radical (unpaired) electrons. The number of amidine groups is 1. The quantitative estimate of drug-likeness (QED) is 0.187. The smallest absolute Gasteiger partial charge is 0.255 e. The van der Waals surface area contributed by atoms with Crippen molar-refractivity contribution in [2.75, 3.05) is 11.6 Å². The lowest BCUT2D eigenvalue weighted by molar-refractivity contribution is -0.116. The minimum atomic E-state index is -0.262. The van der Waals surface area contributed by atoms with Crippen LogP contribution in [0.5, 0.6) is 0 Å². The monoisotopic (exact) mass is 459 g/mol. The van der Waals surface area contributed by atoms with Gasteiger partial charge in [-0.25, -0.2) is 4.99 Å². The number of unbranched alkanes of at least 4 members (excludes halogenated alkanes) is 8. The molecule has 1 aromatic carbocycles. The molecule has 0 unspecified atom stereocenters. The summed E-state index contributed by atoms with van der Waals surface area (Å²) in [6.07, 6.45) is 12.8. The molecule has 1 aliphatic heterocycles. The second kappa shape index (κ2) is 13.1. The predicted molar refractivity (Wildman–Crippen MR) is 123 cm³/mol. The second-order valence-corrected chi connectivity index (χ2v) is 8.30. The molecule has 1 aliphatic rings. The fraction of sp³-hybridized carbons (Fsp3) is 0.571. The summed E-state index contributed by atoms with van der Waals surface area (Å²) < 4.78 is 5.42. The largest absolute Gasteiger partial charge is 0.483 e. The van der Waals surface area contributed by atoms with Gasteiger partial charge in [0.25, 0.3) is 5.91 Å². The van der Waals surface area contributed by atoms with Gasteiger partial charge in [-0.2, -0.15) is 5.01 Å². The molecule has 0 atom stereocenters. The highest BCUT2D eigenvalue weighted by atomic mass is 35.5. The SMILES string of the molecule is CCCCCCCCCCCOC=NC1=NN(c2c(Cl)cc(Cl)cc2Cl)C(=O)C1. The van der Waals surface area contributed by atoms with E-state index >= 15 is 0 Å². The Balaban J connectivity index is 1.69. The topological polar surface area (TPSA) is 54.3 Å². The Kier molecular flexibility index (Phi) is 10.8. The van der Waals surface area contributed by atoms with Crippen molar-refractivity contribution in [3.63, 3.8) is 0 Å². The number of nitrogens with zero attached hydrogens (tertiary/aromatic N) is 3. The van der Waals surface area contributed by atoms with Crippen molar-refractivity contribution in [1.29, 1.82) is 0 Å². The molecular formula is C21H28Cl3N3O2. The number of benzene rings is 1. The van der Waals surface area contributed by atoms with Crippen LogP contribution >= 0.6 is 34.8 Å². The van der Waals surface area contributed by atoms with Crippen molar-refractivity contribution >= 4 is 58.6 Å². The zero-order valence-corrected chi connectivity index (χ0v) is 19.1. The number of hydrogen-bond acceptors (Lipinski definition) is 4. The number of halogens is 3. The molecule has 1 heterocycles.